The highest BCUT2D eigenvalue weighted by atomic mass is 32.2. The number of carboxylic acid groups (broad SMARTS) is 1. The van der Waals surface area contributed by atoms with E-state index in [4.69, 9.17) is 9.47 Å². The number of benzene rings is 1. The predicted octanol–water partition coefficient (Wildman–Crippen LogP) is 3.04. The second-order valence-corrected chi connectivity index (χ2v) is 8.75. The Hall–Kier alpha value is -1.89. The third-order valence-electron chi connectivity index (χ3n) is 5.95. The number of ether oxygens (including phenoxy) is 2. The Balaban J connectivity index is 1.30. The van der Waals surface area contributed by atoms with Crippen LogP contribution in [0.15, 0.2) is 23.1 Å². The molecular weight excluding hydrogens is 366 g/mol. The fourth-order valence-electron chi connectivity index (χ4n) is 4.48. The zero-order valence-electron chi connectivity index (χ0n) is 15.3. The average Bonchev–Trinajstić information content (AvgIpc) is 3.12. The van der Waals surface area contributed by atoms with E-state index in [2.05, 4.69) is 0 Å². The van der Waals surface area contributed by atoms with Gasteiger partial charge in [-0.25, -0.2) is 0 Å². The van der Waals surface area contributed by atoms with Crippen LogP contribution in [-0.2, 0) is 9.59 Å². The first-order valence-electron chi connectivity index (χ1n) is 9.62. The highest BCUT2D eigenvalue weighted by molar-refractivity contribution is 7.99. The van der Waals surface area contributed by atoms with E-state index >= 15 is 0 Å². The molecule has 1 aromatic carbocycles. The van der Waals surface area contributed by atoms with Crippen molar-refractivity contribution in [3.05, 3.63) is 18.2 Å². The van der Waals surface area contributed by atoms with E-state index in [0.717, 1.165) is 35.7 Å². The summed E-state index contributed by atoms with van der Waals surface area (Å²) in [5.41, 5.74) is -0.697. The van der Waals surface area contributed by atoms with E-state index in [9.17, 15) is 14.7 Å². The number of carboxylic acids is 1. The first kappa shape index (κ1) is 18.5. The van der Waals surface area contributed by atoms with Gasteiger partial charge in [0.25, 0.3) is 0 Å². The maximum absolute atomic E-state index is 12.6. The lowest BCUT2D eigenvalue weighted by Crippen LogP contribution is -2.37. The van der Waals surface area contributed by atoms with Gasteiger partial charge in [-0.3, -0.25) is 9.59 Å². The summed E-state index contributed by atoms with van der Waals surface area (Å²) in [6.45, 7) is 2.30. The molecule has 1 aromatic rings. The lowest BCUT2D eigenvalue weighted by Gasteiger charge is -2.23. The number of hydrogen-bond donors (Lipinski definition) is 1. The fraction of sp³-hybridized carbons (Fsp3) is 0.600. The molecule has 0 unspecified atom stereocenters. The largest absolute Gasteiger partial charge is 0.490 e. The number of nitrogens with zero attached hydrogens (tertiary/aromatic N) is 1. The van der Waals surface area contributed by atoms with Crippen LogP contribution in [0.5, 0.6) is 11.5 Å². The molecule has 2 aliphatic heterocycles. The van der Waals surface area contributed by atoms with Crippen LogP contribution in [0.3, 0.4) is 0 Å². The molecule has 2 atom stereocenters. The molecule has 0 bridgehead atoms. The third kappa shape index (κ3) is 3.61. The van der Waals surface area contributed by atoms with Crippen molar-refractivity contribution in [3.63, 3.8) is 0 Å². The van der Waals surface area contributed by atoms with Gasteiger partial charge in [-0.05, 0) is 37.0 Å². The average molecular weight is 391 g/mol. The lowest BCUT2D eigenvalue weighted by atomic mass is 9.81. The molecule has 0 radical (unpaired) electrons. The summed E-state index contributed by atoms with van der Waals surface area (Å²) in [4.78, 5) is 27.2. The van der Waals surface area contributed by atoms with Gasteiger partial charge in [0.05, 0.1) is 18.6 Å². The molecule has 3 aliphatic rings. The van der Waals surface area contributed by atoms with Crippen LogP contribution in [0.2, 0.25) is 0 Å². The molecule has 1 amide bonds. The topological polar surface area (TPSA) is 76.1 Å². The Bertz CT molecular complexity index is 739. The van der Waals surface area contributed by atoms with Crippen molar-refractivity contribution in [1.82, 2.24) is 4.90 Å². The predicted molar refractivity (Wildman–Crippen MR) is 101 cm³/mol. The van der Waals surface area contributed by atoms with Crippen molar-refractivity contribution >= 4 is 23.6 Å². The van der Waals surface area contributed by atoms with Crippen LogP contribution in [0.1, 0.15) is 32.1 Å². The third-order valence-corrected chi connectivity index (χ3v) is 6.95. The number of aliphatic carboxylic acids is 1. The van der Waals surface area contributed by atoms with Gasteiger partial charge in [-0.15, -0.1) is 11.8 Å². The second-order valence-electron chi connectivity index (χ2n) is 7.58. The van der Waals surface area contributed by atoms with E-state index < -0.39 is 11.4 Å². The smallest absolute Gasteiger partial charge is 0.311 e. The fourth-order valence-corrected chi connectivity index (χ4v) is 5.34. The second kappa shape index (κ2) is 7.62. The highest BCUT2D eigenvalue weighted by Gasteiger charge is 2.55. The maximum atomic E-state index is 12.6. The number of carbonyl (C=O) groups is 2. The molecule has 1 saturated heterocycles. The molecular formula is C20H25NO5S. The number of likely N-dealkylation sites (tertiary alicyclic amines) is 1. The van der Waals surface area contributed by atoms with E-state index in [1.54, 1.807) is 16.7 Å². The molecule has 146 valence electrons. The van der Waals surface area contributed by atoms with E-state index in [1.807, 2.05) is 18.2 Å². The van der Waals surface area contributed by atoms with Gasteiger partial charge in [0.15, 0.2) is 11.5 Å². The summed E-state index contributed by atoms with van der Waals surface area (Å²) in [7, 11) is 0. The molecule has 27 heavy (non-hydrogen) atoms. The van der Waals surface area contributed by atoms with Gasteiger partial charge in [0.1, 0.15) is 0 Å². The molecule has 2 fully saturated rings. The van der Waals surface area contributed by atoms with Crippen LogP contribution in [0.25, 0.3) is 0 Å². The molecule has 0 spiro atoms. The van der Waals surface area contributed by atoms with Crippen LogP contribution < -0.4 is 9.47 Å². The van der Waals surface area contributed by atoms with Crippen molar-refractivity contribution in [1.29, 1.82) is 0 Å². The van der Waals surface area contributed by atoms with Crippen molar-refractivity contribution in [3.8, 4) is 11.5 Å². The molecule has 1 N–H and O–H groups in total. The SMILES string of the molecule is O=C(CCSc1ccc2c(c1)OCCCO2)N1C[C@@H]2CCC[C@@]2(C(=O)O)C1. The number of thioether (sulfide) groups is 1. The molecule has 4 rings (SSSR count). The van der Waals surface area contributed by atoms with Gasteiger partial charge in [0, 0.05) is 36.6 Å². The Morgan fingerprint density at radius 2 is 2.04 bits per heavy atom. The maximum Gasteiger partial charge on any atom is 0.311 e. The Labute approximate surface area is 163 Å². The summed E-state index contributed by atoms with van der Waals surface area (Å²) in [6.07, 6.45) is 3.87. The van der Waals surface area contributed by atoms with Crippen molar-refractivity contribution in [2.24, 2.45) is 11.3 Å². The summed E-state index contributed by atoms with van der Waals surface area (Å²) in [5, 5.41) is 9.65. The number of amides is 1. The van der Waals surface area contributed by atoms with E-state index in [0.29, 0.717) is 44.9 Å². The van der Waals surface area contributed by atoms with E-state index in [1.165, 1.54) is 0 Å². The van der Waals surface area contributed by atoms with E-state index in [-0.39, 0.29) is 11.8 Å². The molecule has 6 nitrogen and oxygen atoms in total. The summed E-state index contributed by atoms with van der Waals surface area (Å²) in [5.74, 6) is 1.65. The van der Waals surface area contributed by atoms with Crippen LogP contribution in [-0.4, -0.2) is 53.9 Å². The molecule has 1 saturated carbocycles. The van der Waals surface area contributed by atoms with Crippen LogP contribution in [0, 0.1) is 11.3 Å². The molecule has 2 heterocycles. The standard InChI is InChI=1S/C20H25NO5S/c22-18(21-12-14-3-1-7-20(14,13-21)19(23)24)6-10-27-15-4-5-16-17(11-15)26-9-2-8-25-16/h4-5,11,14H,1-3,6-10,12-13H2,(H,23,24)/t14-,20+/m0/s1. The minimum atomic E-state index is -0.734. The highest BCUT2D eigenvalue weighted by Crippen LogP contribution is 2.49. The Morgan fingerprint density at radius 3 is 2.81 bits per heavy atom. The molecule has 1 aliphatic carbocycles. The molecule has 7 heteroatoms. The quantitative estimate of drug-likeness (QED) is 0.778. The number of rotatable bonds is 5. The van der Waals surface area contributed by atoms with Crippen molar-refractivity contribution in [2.75, 3.05) is 32.1 Å². The zero-order chi connectivity index (χ0) is 18.9. The van der Waals surface area contributed by atoms with Gasteiger partial charge >= 0.3 is 5.97 Å². The minimum absolute atomic E-state index is 0.0619. The lowest BCUT2D eigenvalue weighted by molar-refractivity contribution is -0.149. The Morgan fingerprint density at radius 1 is 1.22 bits per heavy atom. The van der Waals surface area contributed by atoms with Gasteiger partial charge in [0.2, 0.25) is 5.91 Å². The van der Waals surface area contributed by atoms with Crippen LogP contribution in [0.4, 0.5) is 0 Å². The monoisotopic (exact) mass is 391 g/mol. The van der Waals surface area contributed by atoms with Crippen molar-refractivity contribution in [2.45, 2.75) is 37.0 Å². The zero-order valence-corrected chi connectivity index (χ0v) is 16.1. The Kier molecular flexibility index (Phi) is 5.21. The van der Waals surface area contributed by atoms with Gasteiger partial charge in [-0.2, -0.15) is 0 Å². The number of fused-ring (bicyclic) bond motifs is 2. The normalized spacial score (nSPS) is 26.5. The molecule has 0 aromatic heterocycles. The number of hydrogen-bond acceptors (Lipinski definition) is 5. The first-order valence-corrected chi connectivity index (χ1v) is 10.6. The van der Waals surface area contributed by atoms with Crippen LogP contribution >= 0.6 is 11.8 Å². The number of carbonyl (C=O) groups excluding carboxylic acids is 1. The summed E-state index contributed by atoms with van der Waals surface area (Å²) >= 11 is 1.61. The first-order chi connectivity index (χ1) is 13.1. The minimum Gasteiger partial charge on any atom is -0.490 e. The van der Waals surface area contributed by atoms with Gasteiger partial charge < -0.3 is 19.5 Å². The van der Waals surface area contributed by atoms with Gasteiger partial charge in [-0.1, -0.05) is 6.42 Å². The van der Waals surface area contributed by atoms with Crippen molar-refractivity contribution < 1.29 is 24.2 Å². The summed E-state index contributed by atoms with van der Waals surface area (Å²) < 4.78 is 11.3. The summed E-state index contributed by atoms with van der Waals surface area (Å²) in [6, 6.07) is 5.88.